The molecule has 0 spiro atoms. The first-order valence-corrected chi connectivity index (χ1v) is 9.31. The fourth-order valence-corrected chi connectivity index (χ4v) is 4.89. The molecule has 7 heteroatoms. The van der Waals surface area contributed by atoms with E-state index < -0.39 is 10.0 Å². The number of hydrogen-bond acceptors (Lipinski definition) is 5. The van der Waals surface area contributed by atoms with E-state index in [0.29, 0.717) is 0 Å². The van der Waals surface area contributed by atoms with Crippen LogP contribution in [0.25, 0.3) is 10.2 Å². The molecule has 21 heavy (non-hydrogen) atoms. The van der Waals surface area contributed by atoms with Crippen LogP contribution in [-0.2, 0) is 10.0 Å². The number of hydrogen-bond donors (Lipinski definition) is 2. The van der Waals surface area contributed by atoms with Gasteiger partial charge in [0.05, 0.1) is 10.2 Å². The first-order chi connectivity index (χ1) is 9.88. The molecule has 0 saturated carbocycles. The monoisotopic (exact) mass is 325 g/mol. The van der Waals surface area contributed by atoms with E-state index in [1.807, 2.05) is 11.4 Å². The summed E-state index contributed by atoms with van der Waals surface area (Å²) >= 11 is 1.50. The molecular formula is C14H19N3O2S2. The maximum absolute atomic E-state index is 12.6. The zero-order valence-electron chi connectivity index (χ0n) is 12.1. The predicted octanol–water partition coefficient (Wildman–Crippen LogP) is 1.96. The van der Waals surface area contributed by atoms with Gasteiger partial charge in [0.15, 0.2) is 0 Å². The molecule has 0 radical (unpaired) electrons. The molecule has 2 aromatic rings. The van der Waals surface area contributed by atoms with E-state index in [4.69, 9.17) is 0 Å². The summed E-state index contributed by atoms with van der Waals surface area (Å²) in [5.41, 5.74) is 0.729. The smallest absolute Gasteiger partial charge is 0.242 e. The van der Waals surface area contributed by atoms with Crippen molar-refractivity contribution in [3.8, 4) is 0 Å². The highest BCUT2D eigenvalue weighted by Crippen LogP contribution is 2.27. The normalized spacial score (nSPS) is 22.5. The molecule has 1 saturated heterocycles. The summed E-state index contributed by atoms with van der Waals surface area (Å²) in [5, 5.41) is 5.22. The van der Waals surface area contributed by atoms with Crippen LogP contribution >= 0.6 is 11.3 Å². The molecule has 1 aliphatic heterocycles. The number of rotatable bonds is 3. The Hall–Kier alpha value is -1.02. The first kappa shape index (κ1) is 14.9. The Labute approximate surface area is 128 Å². The number of fused-ring (bicyclic) bond motifs is 1. The maximum Gasteiger partial charge on any atom is 0.242 e. The molecule has 5 nitrogen and oxygen atoms in total. The van der Waals surface area contributed by atoms with Gasteiger partial charge in [-0.05, 0) is 35.9 Å². The van der Waals surface area contributed by atoms with Gasteiger partial charge >= 0.3 is 0 Å². The Morgan fingerprint density at radius 1 is 1.48 bits per heavy atom. The Kier molecular flexibility index (Phi) is 3.77. The standard InChI is InChI=1S/C14H19N3O2S2/c1-14(2)9-15-5-3-13(14)17-21(18,19)10-7-12-11(16-8-10)4-6-20-12/h4,6-8,13,15,17H,3,5,9H2,1-2H3. The second-order valence-electron chi connectivity index (χ2n) is 6.10. The summed E-state index contributed by atoms with van der Waals surface area (Å²) < 4.78 is 28.9. The van der Waals surface area contributed by atoms with Gasteiger partial charge in [-0.3, -0.25) is 4.98 Å². The lowest BCUT2D eigenvalue weighted by molar-refractivity contribution is 0.206. The molecular weight excluding hydrogens is 306 g/mol. The quantitative estimate of drug-likeness (QED) is 0.905. The number of nitrogens with one attached hydrogen (secondary N) is 2. The predicted molar refractivity (Wildman–Crippen MR) is 85.0 cm³/mol. The lowest BCUT2D eigenvalue weighted by atomic mass is 9.81. The average Bonchev–Trinajstić information content (AvgIpc) is 2.88. The fraction of sp³-hybridized carbons (Fsp3) is 0.500. The van der Waals surface area contributed by atoms with Gasteiger partial charge in [-0.2, -0.15) is 0 Å². The third-order valence-electron chi connectivity index (χ3n) is 4.02. The zero-order chi connectivity index (χ0) is 15.1. The molecule has 0 amide bonds. The van der Waals surface area contributed by atoms with Crippen molar-refractivity contribution < 1.29 is 8.42 Å². The van der Waals surface area contributed by atoms with Gasteiger partial charge < -0.3 is 5.32 Å². The minimum absolute atomic E-state index is 0.0669. The van der Waals surface area contributed by atoms with Crippen LogP contribution in [0.15, 0.2) is 28.6 Å². The minimum atomic E-state index is -3.53. The lowest BCUT2D eigenvalue weighted by Crippen LogP contribution is -2.54. The van der Waals surface area contributed by atoms with Crippen molar-refractivity contribution in [3.63, 3.8) is 0 Å². The second-order valence-corrected chi connectivity index (χ2v) is 8.76. The van der Waals surface area contributed by atoms with E-state index >= 15 is 0 Å². The van der Waals surface area contributed by atoms with Crippen molar-refractivity contribution in [3.05, 3.63) is 23.7 Å². The van der Waals surface area contributed by atoms with E-state index in [0.717, 1.165) is 29.7 Å². The molecule has 2 N–H and O–H groups in total. The molecule has 0 aromatic carbocycles. The van der Waals surface area contributed by atoms with Crippen molar-refractivity contribution in [2.45, 2.75) is 31.2 Å². The molecule has 2 aromatic heterocycles. The molecule has 114 valence electrons. The highest BCUT2D eigenvalue weighted by Gasteiger charge is 2.35. The van der Waals surface area contributed by atoms with Crippen LogP contribution in [0.3, 0.4) is 0 Å². The fourth-order valence-electron chi connectivity index (χ4n) is 2.62. The van der Waals surface area contributed by atoms with Gasteiger partial charge in [-0.1, -0.05) is 13.8 Å². The van der Waals surface area contributed by atoms with E-state index in [2.05, 4.69) is 28.9 Å². The maximum atomic E-state index is 12.6. The molecule has 3 rings (SSSR count). The van der Waals surface area contributed by atoms with E-state index in [1.165, 1.54) is 17.5 Å². The van der Waals surface area contributed by atoms with Crippen molar-refractivity contribution in [2.24, 2.45) is 5.41 Å². The van der Waals surface area contributed by atoms with Crippen LogP contribution in [0.1, 0.15) is 20.3 Å². The summed E-state index contributed by atoms with van der Waals surface area (Å²) in [7, 11) is -3.53. The van der Waals surface area contributed by atoms with Crippen LogP contribution in [0.2, 0.25) is 0 Å². The van der Waals surface area contributed by atoms with Crippen LogP contribution in [0, 0.1) is 5.41 Å². The number of piperidine rings is 1. The molecule has 0 aliphatic carbocycles. The molecule has 1 unspecified atom stereocenters. The number of nitrogens with zero attached hydrogens (tertiary/aromatic N) is 1. The number of sulfonamides is 1. The van der Waals surface area contributed by atoms with Crippen molar-refractivity contribution >= 4 is 31.6 Å². The summed E-state index contributed by atoms with van der Waals surface area (Å²) in [5.74, 6) is 0. The Morgan fingerprint density at radius 3 is 3.05 bits per heavy atom. The van der Waals surface area contributed by atoms with E-state index in [1.54, 1.807) is 6.07 Å². The summed E-state index contributed by atoms with van der Waals surface area (Å²) in [6.45, 7) is 5.79. The average molecular weight is 325 g/mol. The SMILES string of the molecule is CC1(C)CNCCC1NS(=O)(=O)c1cnc2ccsc2c1. The van der Waals surface area contributed by atoms with Gasteiger partial charge in [-0.15, -0.1) is 11.3 Å². The van der Waals surface area contributed by atoms with E-state index in [9.17, 15) is 8.42 Å². The Balaban J connectivity index is 1.89. The molecule has 0 bridgehead atoms. The van der Waals surface area contributed by atoms with Gasteiger partial charge in [-0.25, -0.2) is 13.1 Å². The van der Waals surface area contributed by atoms with Crippen LogP contribution in [0.4, 0.5) is 0 Å². The van der Waals surface area contributed by atoms with Gasteiger partial charge in [0.1, 0.15) is 4.90 Å². The highest BCUT2D eigenvalue weighted by molar-refractivity contribution is 7.89. The third-order valence-corrected chi connectivity index (χ3v) is 6.31. The summed E-state index contributed by atoms with van der Waals surface area (Å²) in [6.07, 6.45) is 2.23. The number of aromatic nitrogens is 1. The second kappa shape index (κ2) is 5.31. The molecule has 3 heterocycles. The first-order valence-electron chi connectivity index (χ1n) is 6.95. The molecule has 1 aliphatic rings. The van der Waals surface area contributed by atoms with Gasteiger partial charge in [0, 0.05) is 18.8 Å². The largest absolute Gasteiger partial charge is 0.316 e. The van der Waals surface area contributed by atoms with E-state index in [-0.39, 0.29) is 16.4 Å². The molecule has 1 atom stereocenters. The highest BCUT2D eigenvalue weighted by atomic mass is 32.2. The topological polar surface area (TPSA) is 71.1 Å². The van der Waals surface area contributed by atoms with Gasteiger partial charge in [0.2, 0.25) is 10.0 Å². The minimum Gasteiger partial charge on any atom is -0.316 e. The van der Waals surface area contributed by atoms with Crippen molar-refractivity contribution in [1.82, 2.24) is 15.0 Å². The Bertz CT molecular complexity index is 752. The van der Waals surface area contributed by atoms with Crippen LogP contribution < -0.4 is 10.0 Å². The van der Waals surface area contributed by atoms with Crippen molar-refractivity contribution in [2.75, 3.05) is 13.1 Å². The Morgan fingerprint density at radius 2 is 2.29 bits per heavy atom. The zero-order valence-corrected chi connectivity index (χ0v) is 13.7. The number of pyridine rings is 1. The summed E-state index contributed by atoms with van der Waals surface area (Å²) in [4.78, 5) is 4.46. The third kappa shape index (κ3) is 2.96. The summed E-state index contributed by atoms with van der Waals surface area (Å²) in [6, 6.07) is 3.52. The molecule has 1 fully saturated rings. The van der Waals surface area contributed by atoms with Gasteiger partial charge in [0.25, 0.3) is 0 Å². The number of thiophene rings is 1. The van der Waals surface area contributed by atoms with Crippen LogP contribution in [-0.4, -0.2) is 32.5 Å². The van der Waals surface area contributed by atoms with Crippen LogP contribution in [0.5, 0.6) is 0 Å². The lowest BCUT2D eigenvalue weighted by Gasteiger charge is -2.39. The van der Waals surface area contributed by atoms with Crippen molar-refractivity contribution in [1.29, 1.82) is 0 Å².